The monoisotopic (exact) mass is 273 g/mol. The lowest BCUT2D eigenvalue weighted by Crippen LogP contribution is -2.33. The molecule has 6 nitrogen and oxygen atoms in total. The number of aliphatic imine (C=N–C) groups is 1. The van der Waals surface area contributed by atoms with Crippen molar-refractivity contribution < 1.29 is 13.2 Å². The molecule has 1 unspecified atom stereocenters. The summed E-state index contributed by atoms with van der Waals surface area (Å²) in [5, 5.41) is 0.693. The molecule has 0 bridgehead atoms. The van der Waals surface area contributed by atoms with Crippen molar-refractivity contribution in [3.63, 3.8) is 0 Å². The van der Waals surface area contributed by atoms with Gasteiger partial charge in [0.1, 0.15) is 6.17 Å². The first kappa shape index (κ1) is 12.4. The third-order valence-corrected chi connectivity index (χ3v) is 5.78. The van der Waals surface area contributed by atoms with Crippen molar-refractivity contribution in [2.24, 2.45) is 4.99 Å². The molecule has 1 fully saturated rings. The van der Waals surface area contributed by atoms with Gasteiger partial charge >= 0.3 is 0 Å². The topological polar surface area (TPSA) is 79.7 Å². The Labute approximate surface area is 103 Å². The first-order chi connectivity index (χ1) is 8.05. The molecule has 1 aliphatic rings. The molecule has 2 heterocycles. The highest BCUT2D eigenvalue weighted by atomic mass is 32.2. The summed E-state index contributed by atoms with van der Waals surface area (Å²) >= 11 is 1.12. The lowest BCUT2D eigenvalue weighted by Gasteiger charge is -2.18. The van der Waals surface area contributed by atoms with E-state index in [0.29, 0.717) is 24.4 Å². The molecule has 0 radical (unpaired) electrons. The molecule has 0 amide bonds. The predicted molar refractivity (Wildman–Crippen MR) is 61.9 cm³/mol. The lowest BCUT2D eigenvalue weighted by molar-refractivity contribution is 0.397. The molecule has 0 saturated carbocycles. The van der Waals surface area contributed by atoms with Crippen molar-refractivity contribution in [1.82, 2.24) is 9.29 Å². The summed E-state index contributed by atoms with van der Waals surface area (Å²) in [6, 6.07) is 0. The summed E-state index contributed by atoms with van der Waals surface area (Å²) in [5.41, 5.74) is 0. The number of hydrogen-bond donors (Lipinski definition) is 0. The Morgan fingerprint density at radius 3 is 3.00 bits per heavy atom. The van der Waals surface area contributed by atoms with Gasteiger partial charge in [0.25, 0.3) is 10.0 Å². The Kier molecular flexibility index (Phi) is 3.39. The van der Waals surface area contributed by atoms with Gasteiger partial charge in [-0.15, -0.1) is 11.3 Å². The molecular formula is C9H11N3O3S2. The second kappa shape index (κ2) is 4.66. The second-order valence-electron chi connectivity index (χ2n) is 3.66. The zero-order valence-corrected chi connectivity index (χ0v) is 10.8. The van der Waals surface area contributed by atoms with Crippen LogP contribution < -0.4 is 0 Å². The van der Waals surface area contributed by atoms with Crippen LogP contribution in [0.1, 0.15) is 17.8 Å². The van der Waals surface area contributed by atoms with Gasteiger partial charge in [0.15, 0.2) is 4.21 Å². The van der Waals surface area contributed by atoms with Gasteiger partial charge in [-0.2, -0.15) is 9.30 Å². The zero-order valence-electron chi connectivity index (χ0n) is 9.16. The van der Waals surface area contributed by atoms with E-state index >= 15 is 0 Å². The Hall–Kier alpha value is -1.08. The molecule has 1 saturated heterocycles. The number of hydrogen-bond acceptors (Lipinski definition) is 6. The van der Waals surface area contributed by atoms with E-state index in [1.807, 2.05) is 0 Å². The van der Waals surface area contributed by atoms with E-state index in [9.17, 15) is 13.2 Å². The fourth-order valence-electron chi connectivity index (χ4n) is 1.77. The maximum absolute atomic E-state index is 12.2. The second-order valence-corrected chi connectivity index (χ2v) is 7.01. The maximum atomic E-state index is 12.2. The van der Waals surface area contributed by atoms with Gasteiger partial charge in [-0.05, 0) is 19.8 Å². The van der Waals surface area contributed by atoms with Crippen molar-refractivity contribution in [2.75, 3.05) is 6.54 Å². The number of isocyanates is 1. The summed E-state index contributed by atoms with van der Waals surface area (Å²) in [5.74, 6) is 0. The lowest BCUT2D eigenvalue weighted by atomic mass is 10.3. The van der Waals surface area contributed by atoms with Crippen LogP contribution in [0.15, 0.2) is 15.4 Å². The van der Waals surface area contributed by atoms with Crippen LogP contribution in [0.4, 0.5) is 0 Å². The molecule has 0 aliphatic carbocycles. The molecule has 0 spiro atoms. The van der Waals surface area contributed by atoms with E-state index in [1.54, 1.807) is 6.92 Å². The Bertz CT molecular complexity index is 560. The Morgan fingerprint density at radius 2 is 2.41 bits per heavy atom. The van der Waals surface area contributed by atoms with Crippen LogP contribution in [-0.2, 0) is 14.8 Å². The number of carbonyl (C=O) groups excluding carboxylic acids is 1. The Morgan fingerprint density at radius 1 is 1.65 bits per heavy atom. The van der Waals surface area contributed by atoms with Gasteiger partial charge in [-0.1, -0.05) is 0 Å². The number of nitrogens with zero attached hydrogens (tertiary/aromatic N) is 3. The molecule has 8 heteroatoms. The largest absolute Gasteiger partial charge is 0.256 e. The minimum absolute atomic E-state index is 0.197. The van der Waals surface area contributed by atoms with Gasteiger partial charge in [0.05, 0.1) is 11.2 Å². The van der Waals surface area contributed by atoms with Gasteiger partial charge in [-0.3, -0.25) is 0 Å². The number of rotatable bonds is 3. The van der Waals surface area contributed by atoms with E-state index in [-0.39, 0.29) is 4.21 Å². The SMILES string of the molecule is Cc1ncc(S(=O)(=O)N2CCCC2N=C=O)s1. The number of aryl methyl sites for hydroxylation is 1. The summed E-state index contributed by atoms with van der Waals surface area (Å²) in [6.45, 7) is 2.13. The zero-order chi connectivity index (χ0) is 12.5. The number of aromatic nitrogens is 1. The highest BCUT2D eigenvalue weighted by molar-refractivity contribution is 7.91. The van der Waals surface area contributed by atoms with Crippen molar-refractivity contribution >= 4 is 27.4 Å². The van der Waals surface area contributed by atoms with E-state index < -0.39 is 16.2 Å². The summed E-state index contributed by atoms with van der Waals surface area (Å²) in [4.78, 5) is 17.7. The first-order valence-corrected chi connectivity index (χ1v) is 7.32. The van der Waals surface area contributed by atoms with Crippen LogP contribution in [0.2, 0.25) is 0 Å². The fourth-order valence-corrected chi connectivity index (χ4v) is 4.60. The molecule has 2 rings (SSSR count). The third kappa shape index (κ3) is 2.30. The normalized spacial score (nSPS) is 21.4. The average molecular weight is 273 g/mol. The van der Waals surface area contributed by atoms with E-state index in [4.69, 9.17) is 0 Å². The van der Waals surface area contributed by atoms with Gasteiger partial charge in [0, 0.05) is 6.54 Å². The maximum Gasteiger partial charge on any atom is 0.256 e. The molecule has 92 valence electrons. The fraction of sp³-hybridized carbons (Fsp3) is 0.556. The van der Waals surface area contributed by atoms with Crippen molar-refractivity contribution in [1.29, 1.82) is 0 Å². The van der Waals surface area contributed by atoms with Crippen LogP contribution in [0, 0.1) is 6.92 Å². The van der Waals surface area contributed by atoms with Crippen molar-refractivity contribution in [2.45, 2.75) is 30.1 Å². The van der Waals surface area contributed by atoms with Gasteiger partial charge in [-0.25, -0.2) is 18.2 Å². The van der Waals surface area contributed by atoms with Gasteiger partial charge in [0.2, 0.25) is 6.08 Å². The number of thiazole rings is 1. The van der Waals surface area contributed by atoms with Crippen LogP contribution >= 0.6 is 11.3 Å². The van der Waals surface area contributed by atoms with Crippen LogP contribution in [0.25, 0.3) is 0 Å². The Balaban J connectivity index is 2.35. The molecule has 1 aliphatic heterocycles. The molecule has 1 aromatic heterocycles. The van der Waals surface area contributed by atoms with Crippen LogP contribution in [-0.4, -0.2) is 36.5 Å². The van der Waals surface area contributed by atoms with Crippen molar-refractivity contribution in [3.8, 4) is 0 Å². The number of sulfonamides is 1. The molecule has 0 N–H and O–H groups in total. The highest BCUT2D eigenvalue weighted by Crippen LogP contribution is 2.29. The third-order valence-electron chi connectivity index (χ3n) is 2.54. The summed E-state index contributed by atoms with van der Waals surface area (Å²) in [6.07, 6.45) is 3.42. The first-order valence-electron chi connectivity index (χ1n) is 5.07. The molecule has 1 atom stereocenters. The van der Waals surface area contributed by atoms with Crippen LogP contribution in [0.3, 0.4) is 0 Å². The van der Waals surface area contributed by atoms with Crippen molar-refractivity contribution in [3.05, 3.63) is 11.2 Å². The highest BCUT2D eigenvalue weighted by Gasteiger charge is 2.36. The average Bonchev–Trinajstić information content (AvgIpc) is 2.87. The van der Waals surface area contributed by atoms with Crippen LogP contribution in [0.5, 0.6) is 0 Å². The molecule has 1 aromatic rings. The minimum Gasteiger partial charge on any atom is -0.249 e. The molecule has 0 aromatic carbocycles. The summed E-state index contributed by atoms with van der Waals surface area (Å²) in [7, 11) is -3.57. The minimum atomic E-state index is -3.57. The smallest absolute Gasteiger partial charge is 0.249 e. The molecule has 17 heavy (non-hydrogen) atoms. The molecular weight excluding hydrogens is 262 g/mol. The van der Waals surface area contributed by atoms with E-state index in [0.717, 1.165) is 11.3 Å². The van der Waals surface area contributed by atoms with Gasteiger partial charge < -0.3 is 0 Å². The summed E-state index contributed by atoms with van der Waals surface area (Å²) < 4.78 is 25.9. The predicted octanol–water partition coefficient (Wildman–Crippen LogP) is 0.898. The standard InChI is InChI=1S/C9H11N3O3S2/c1-7-10-5-9(16-7)17(14,15)12-4-2-3-8(12)11-6-13/h5,8H,2-4H2,1H3. The quantitative estimate of drug-likeness (QED) is 0.605. The van der Waals surface area contributed by atoms with E-state index in [1.165, 1.54) is 16.6 Å². The van der Waals surface area contributed by atoms with E-state index in [2.05, 4.69) is 9.98 Å².